The fourth-order valence-electron chi connectivity index (χ4n) is 3.91. The molecule has 0 spiro atoms. The second-order valence-electron chi connectivity index (χ2n) is 6.41. The Kier molecular flexibility index (Phi) is 11.6. The highest BCUT2D eigenvalue weighted by molar-refractivity contribution is 6.94. The van der Waals surface area contributed by atoms with Gasteiger partial charge in [0.2, 0.25) is 0 Å². The first-order valence-electron chi connectivity index (χ1n) is 8.78. The highest BCUT2D eigenvalue weighted by Gasteiger charge is 2.47. The SMILES string of the molecule is [CH2]CCN([Si](CC=C)(CC=C)CC=C)[Si](CC=C)(CC=C)CC=C. The summed E-state index contributed by atoms with van der Waals surface area (Å²) in [6, 6.07) is 6.28. The van der Waals surface area contributed by atoms with Crippen molar-refractivity contribution in [1.82, 2.24) is 4.23 Å². The molecule has 0 aliphatic rings. The van der Waals surface area contributed by atoms with Gasteiger partial charge in [-0.25, -0.2) is 0 Å². The summed E-state index contributed by atoms with van der Waals surface area (Å²) in [6.07, 6.45) is 13.4. The topological polar surface area (TPSA) is 3.24 Å². The van der Waals surface area contributed by atoms with Crippen molar-refractivity contribution in [2.24, 2.45) is 0 Å². The first kappa shape index (κ1) is 22.8. The number of hydrogen-bond acceptors (Lipinski definition) is 1. The first-order valence-corrected chi connectivity index (χ1v) is 13.9. The molecule has 0 heterocycles. The van der Waals surface area contributed by atoms with Crippen LogP contribution >= 0.6 is 0 Å². The van der Waals surface area contributed by atoms with Gasteiger partial charge in [0.15, 0.2) is 0 Å². The molecule has 0 aromatic carbocycles. The zero-order valence-electron chi connectivity index (χ0n) is 15.5. The van der Waals surface area contributed by atoms with E-state index in [1.54, 1.807) is 0 Å². The van der Waals surface area contributed by atoms with Gasteiger partial charge in [-0.05, 0) is 49.2 Å². The molecule has 0 atom stereocenters. The van der Waals surface area contributed by atoms with Crippen molar-refractivity contribution < 1.29 is 0 Å². The molecule has 0 aliphatic heterocycles. The quantitative estimate of drug-likeness (QED) is 0.224. The van der Waals surface area contributed by atoms with E-state index in [1.165, 1.54) is 0 Å². The minimum Gasteiger partial charge on any atom is -0.344 e. The summed E-state index contributed by atoms with van der Waals surface area (Å²) < 4.78 is 2.86. The van der Waals surface area contributed by atoms with E-state index >= 15 is 0 Å². The molecule has 3 heteroatoms. The van der Waals surface area contributed by atoms with Crippen molar-refractivity contribution in [3.63, 3.8) is 0 Å². The van der Waals surface area contributed by atoms with Gasteiger partial charge in [-0.2, -0.15) is 0 Å². The molecule has 24 heavy (non-hydrogen) atoms. The Morgan fingerprint density at radius 3 is 0.958 bits per heavy atom. The predicted molar refractivity (Wildman–Crippen MR) is 118 cm³/mol. The maximum Gasteiger partial charge on any atom is 0.133 e. The summed E-state index contributed by atoms with van der Waals surface area (Å²) in [6.45, 7) is 29.5. The van der Waals surface area contributed by atoms with Crippen molar-refractivity contribution in [2.75, 3.05) is 6.54 Å². The van der Waals surface area contributed by atoms with Crippen LogP contribution in [0.3, 0.4) is 0 Å². The highest BCUT2D eigenvalue weighted by Crippen LogP contribution is 2.38. The molecule has 0 amide bonds. The lowest BCUT2D eigenvalue weighted by atomic mass is 10.5. The van der Waals surface area contributed by atoms with E-state index < -0.39 is 16.5 Å². The molecule has 0 aromatic heterocycles. The minimum atomic E-state index is -1.84. The van der Waals surface area contributed by atoms with Crippen LogP contribution in [-0.4, -0.2) is 27.2 Å². The van der Waals surface area contributed by atoms with Crippen LogP contribution < -0.4 is 0 Å². The largest absolute Gasteiger partial charge is 0.344 e. The molecule has 0 saturated carbocycles. The van der Waals surface area contributed by atoms with Crippen LogP contribution in [0, 0.1) is 6.92 Å². The summed E-state index contributed by atoms with van der Waals surface area (Å²) in [5.74, 6) is 0. The van der Waals surface area contributed by atoms with Crippen LogP contribution in [0.25, 0.3) is 0 Å². The molecule has 1 radical (unpaired) electrons. The highest BCUT2D eigenvalue weighted by atomic mass is 28.4. The second kappa shape index (κ2) is 12.2. The lowest BCUT2D eigenvalue weighted by molar-refractivity contribution is 0.594. The predicted octanol–water partition coefficient (Wildman–Crippen LogP) is 6.52. The van der Waals surface area contributed by atoms with Gasteiger partial charge in [-0.1, -0.05) is 43.4 Å². The Balaban J connectivity index is 6.33. The van der Waals surface area contributed by atoms with E-state index in [-0.39, 0.29) is 0 Å². The second-order valence-corrected chi connectivity index (χ2v) is 15.3. The molecule has 0 unspecified atom stereocenters. The molecule has 1 nitrogen and oxygen atoms in total. The van der Waals surface area contributed by atoms with Crippen LogP contribution in [0.5, 0.6) is 0 Å². The molecule has 0 aromatic rings. The van der Waals surface area contributed by atoms with Crippen molar-refractivity contribution >= 4 is 16.5 Å². The van der Waals surface area contributed by atoms with Crippen LogP contribution in [-0.2, 0) is 0 Å². The lowest BCUT2D eigenvalue weighted by Crippen LogP contribution is -2.66. The van der Waals surface area contributed by atoms with E-state index in [1.807, 2.05) is 0 Å². The molecule has 133 valence electrons. The summed E-state index contributed by atoms with van der Waals surface area (Å²) in [5, 5.41) is 0. The van der Waals surface area contributed by atoms with E-state index in [4.69, 9.17) is 0 Å². The van der Waals surface area contributed by atoms with E-state index in [0.717, 1.165) is 49.2 Å². The minimum absolute atomic E-state index is 0.903. The lowest BCUT2D eigenvalue weighted by Gasteiger charge is -2.52. The molecule has 0 bridgehead atoms. The molecule has 0 fully saturated rings. The molecule has 0 aliphatic carbocycles. The third-order valence-electron chi connectivity index (χ3n) is 4.67. The Morgan fingerprint density at radius 1 is 0.542 bits per heavy atom. The third kappa shape index (κ3) is 5.73. The Hall–Kier alpha value is -1.17. The van der Waals surface area contributed by atoms with Gasteiger partial charge in [-0.15, -0.1) is 39.5 Å². The summed E-state index contributed by atoms with van der Waals surface area (Å²) in [7, 11) is -3.67. The van der Waals surface area contributed by atoms with E-state index in [2.05, 4.69) is 87.1 Å². The summed E-state index contributed by atoms with van der Waals surface area (Å²) in [5.41, 5.74) is 0. The Bertz CT molecular complexity index is 348. The van der Waals surface area contributed by atoms with Gasteiger partial charge >= 0.3 is 0 Å². The van der Waals surface area contributed by atoms with Gasteiger partial charge in [0.1, 0.15) is 16.5 Å². The number of allylic oxidation sites excluding steroid dienone is 6. The van der Waals surface area contributed by atoms with Gasteiger partial charge in [0, 0.05) is 0 Å². The van der Waals surface area contributed by atoms with Crippen LogP contribution in [0.4, 0.5) is 0 Å². The van der Waals surface area contributed by atoms with Gasteiger partial charge in [0.25, 0.3) is 0 Å². The summed E-state index contributed by atoms with van der Waals surface area (Å²) >= 11 is 0. The number of hydrogen-bond donors (Lipinski definition) is 0. The van der Waals surface area contributed by atoms with Crippen molar-refractivity contribution in [1.29, 1.82) is 0 Å². The molecule has 0 saturated heterocycles. The molecular weight excluding hydrogens is 322 g/mol. The van der Waals surface area contributed by atoms with Gasteiger partial charge in [-0.3, -0.25) is 0 Å². The average Bonchev–Trinajstić information content (AvgIpc) is 2.54. The maximum atomic E-state index is 4.16. The monoisotopic (exact) mass is 358 g/mol. The standard InChI is InChI=1S/C21H36NSi2/c1-8-15-22(23(16-9-2,17-10-3)18-11-4)24(19-12-5,20-13-6)21-14-7/h9-14H,1-8,15-21H2. The zero-order chi connectivity index (χ0) is 18.5. The average molecular weight is 359 g/mol. The van der Waals surface area contributed by atoms with Crippen molar-refractivity contribution in [3.05, 3.63) is 82.9 Å². The Labute approximate surface area is 153 Å². The van der Waals surface area contributed by atoms with Crippen LogP contribution in [0.2, 0.25) is 36.3 Å². The Morgan fingerprint density at radius 2 is 0.792 bits per heavy atom. The van der Waals surface area contributed by atoms with Crippen molar-refractivity contribution in [2.45, 2.75) is 42.7 Å². The smallest absolute Gasteiger partial charge is 0.133 e. The molecular formula is C21H36NSi2. The van der Waals surface area contributed by atoms with Gasteiger partial charge < -0.3 is 4.23 Å². The number of nitrogens with zero attached hydrogens (tertiary/aromatic N) is 1. The molecule has 0 N–H and O–H groups in total. The molecule has 0 rings (SSSR count). The van der Waals surface area contributed by atoms with Crippen LogP contribution in [0.1, 0.15) is 6.42 Å². The van der Waals surface area contributed by atoms with Crippen molar-refractivity contribution in [3.8, 4) is 0 Å². The fraction of sp³-hybridized carbons (Fsp3) is 0.381. The maximum absolute atomic E-state index is 4.16. The number of rotatable bonds is 16. The zero-order valence-corrected chi connectivity index (χ0v) is 17.5. The summed E-state index contributed by atoms with van der Waals surface area (Å²) in [4.78, 5) is 0. The van der Waals surface area contributed by atoms with E-state index in [0.29, 0.717) is 0 Å². The first-order chi connectivity index (χ1) is 11.6. The van der Waals surface area contributed by atoms with E-state index in [9.17, 15) is 0 Å². The van der Waals surface area contributed by atoms with Crippen LogP contribution in [0.15, 0.2) is 75.9 Å². The van der Waals surface area contributed by atoms with Gasteiger partial charge in [0.05, 0.1) is 0 Å². The normalized spacial score (nSPS) is 11.8. The fourth-order valence-corrected chi connectivity index (χ4v) is 16.4. The third-order valence-corrected chi connectivity index (χ3v) is 16.5.